The predicted molar refractivity (Wildman–Crippen MR) is 160 cm³/mol. The number of hydrogen-bond acceptors (Lipinski definition) is 10. The van der Waals surface area contributed by atoms with E-state index in [1.807, 2.05) is 6.92 Å². The number of aliphatic carboxylic acids is 1. The summed E-state index contributed by atoms with van der Waals surface area (Å²) in [5.74, 6) is -1.97. The van der Waals surface area contributed by atoms with Crippen molar-refractivity contribution >= 4 is 23.8 Å². The Bertz CT molecular complexity index is 1160. The number of esters is 2. The number of carboxylic acid groups (broad SMARTS) is 1. The van der Waals surface area contributed by atoms with E-state index >= 15 is 0 Å². The number of carbonyl (C=O) groups is 4. The van der Waals surface area contributed by atoms with E-state index in [0.717, 1.165) is 24.8 Å². The molecular weight excluding hydrogens is 579 g/mol. The van der Waals surface area contributed by atoms with Gasteiger partial charge in [0.25, 0.3) is 5.91 Å². The standard InChI is InChI=1S/C17H25FO3.C10H12N2O5.C4H8O2/c1-4-17(19)21-13(2)11-15(9-10-20-3)12-14-5-7-16(18)8-6-14;1-6(13)16-5-17-9-7(15-2)3-4-12-8(9)10(11)14;1-3(2)4(5)6/h5-8,13,15H,4,9-12H2,1-3H3;3-4H,5H2,1-2H3,(H2,11,14);3H,1-2H3,(H,5,6). The number of halogens is 1. The lowest BCUT2D eigenvalue weighted by Crippen LogP contribution is -2.20. The summed E-state index contributed by atoms with van der Waals surface area (Å²) >= 11 is 0. The number of carbonyl (C=O) groups excluding carboxylic acids is 3. The van der Waals surface area contributed by atoms with E-state index in [-0.39, 0.29) is 47.8 Å². The highest BCUT2D eigenvalue weighted by Crippen LogP contribution is 2.29. The Hall–Kier alpha value is -4.26. The van der Waals surface area contributed by atoms with Crippen LogP contribution in [0.25, 0.3) is 0 Å². The quantitative estimate of drug-likeness (QED) is 0.210. The summed E-state index contributed by atoms with van der Waals surface area (Å²) in [4.78, 5) is 46.5. The first-order valence-corrected chi connectivity index (χ1v) is 14.0. The summed E-state index contributed by atoms with van der Waals surface area (Å²) in [6.45, 7) is 8.54. The van der Waals surface area contributed by atoms with Crippen LogP contribution >= 0.6 is 0 Å². The van der Waals surface area contributed by atoms with E-state index in [9.17, 15) is 23.6 Å². The molecule has 0 saturated carbocycles. The van der Waals surface area contributed by atoms with Gasteiger partial charge in [0, 0.05) is 39.3 Å². The molecule has 2 rings (SSSR count). The molecule has 13 heteroatoms. The number of ether oxygens (including phenoxy) is 5. The minimum Gasteiger partial charge on any atom is -0.493 e. The van der Waals surface area contributed by atoms with Gasteiger partial charge in [0.15, 0.2) is 17.2 Å². The molecule has 2 aromatic rings. The predicted octanol–water partition coefficient (Wildman–Crippen LogP) is 4.57. The van der Waals surface area contributed by atoms with Crippen LogP contribution in [0.1, 0.15) is 69.9 Å². The number of methoxy groups -OCH3 is 2. The van der Waals surface area contributed by atoms with Crippen LogP contribution < -0.4 is 15.2 Å². The highest BCUT2D eigenvalue weighted by atomic mass is 19.1. The van der Waals surface area contributed by atoms with Crippen molar-refractivity contribution in [3.8, 4) is 11.5 Å². The normalized spacial score (nSPS) is 11.5. The van der Waals surface area contributed by atoms with Crippen LogP contribution in [0.15, 0.2) is 36.5 Å². The first-order valence-electron chi connectivity index (χ1n) is 14.0. The lowest BCUT2D eigenvalue weighted by Gasteiger charge is -2.21. The number of hydrogen-bond donors (Lipinski definition) is 2. The third kappa shape index (κ3) is 17.6. The van der Waals surface area contributed by atoms with Gasteiger partial charge < -0.3 is 34.5 Å². The van der Waals surface area contributed by atoms with E-state index in [1.165, 1.54) is 38.4 Å². The molecule has 2 unspecified atom stereocenters. The summed E-state index contributed by atoms with van der Waals surface area (Å²) in [6, 6.07) is 8.05. The fraction of sp³-hybridized carbons (Fsp3) is 0.516. The second-order valence-corrected chi connectivity index (χ2v) is 9.81. The zero-order valence-corrected chi connectivity index (χ0v) is 26.5. The molecule has 246 valence electrons. The number of aromatic nitrogens is 1. The van der Waals surface area contributed by atoms with Gasteiger partial charge in [-0.25, -0.2) is 9.37 Å². The van der Waals surface area contributed by atoms with Gasteiger partial charge in [0.05, 0.1) is 19.1 Å². The van der Waals surface area contributed by atoms with Crippen molar-refractivity contribution in [2.75, 3.05) is 27.6 Å². The highest BCUT2D eigenvalue weighted by molar-refractivity contribution is 5.94. The van der Waals surface area contributed by atoms with E-state index in [2.05, 4.69) is 9.72 Å². The number of pyridine rings is 1. The average Bonchev–Trinajstić information content (AvgIpc) is 2.97. The van der Waals surface area contributed by atoms with Crippen LogP contribution in [-0.2, 0) is 35.0 Å². The van der Waals surface area contributed by atoms with Crippen LogP contribution in [-0.4, -0.2) is 67.6 Å². The van der Waals surface area contributed by atoms with E-state index in [4.69, 9.17) is 29.8 Å². The Morgan fingerprint density at radius 1 is 1.05 bits per heavy atom. The number of rotatable bonds is 15. The van der Waals surface area contributed by atoms with Gasteiger partial charge in [-0.3, -0.25) is 19.2 Å². The highest BCUT2D eigenvalue weighted by Gasteiger charge is 2.18. The number of primary amides is 1. The molecule has 1 aromatic heterocycles. The number of carboxylic acids is 1. The van der Waals surface area contributed by atoms with Crippen LogP contribution in [0.3, 0.4) is 0 Å². The number of nitrogens with two attached hydrogens (primary N) is 1. The summed E-state index contributed by atoms with van der Waals surface area (Å²) < 4.78 is 38.1. The van der Waals surface area contributed by atoms with Crippen molar-refractivity contribution in [2.45, 2.75) is 66.4 Å². The minimum absolute atomic E-state index is 0.0451. The van der Waals surface area contributed by atoms with Gasteiger partial charge >= 0.3 is 17.9 Å². The van der Waals surface area contributed by atoms with E-state index in [1.54, 1.807) is 40.0 Å². The molecule has 2 atom stereocenters. The summed E-state index contributed by atoms with van der Waals surface area (Å²) in [7, 11) is 3.08. The van der Waals surface area contributed by atoms with Gasteiger partial charge in [-0.2, -0.15) is 0 Å². The van der Waals surface area contributed by atoms with Gasteiger partial charge in [-0.1, -0.05) is 32.9 Å². The molecule has 0 spiro atoms. The summed E-state index contributed by atoms with van der Waals surface area (Å²) in [5.41, 5.74) is 6.13. The first-order chi connectivity index (χ1) is 20.7. The van der Waals surface area contributed by atoms with Crippen LogP contribution in [0.5, 0.6) is 11.5 Å². The molecule has 1 amide bonds. The van der Waals surface area contributed by atoms with Crippen molar-refractivity contribution < 1.29 is 52.4 Å². The third-order valence-electron chi connectivity index (χ3n) is 5.74. The second kappa shape index (κ2) is 22.3. The number of benzene rings is 1. The second-order valence-electron chi connectivity index (χ2n) is 9.81. The molecular formula is C31H45FN2O10. The Balaban J connectivity index is 0.000000720. The van der Waals surface area contributed by atoms with Crippen LogP contribution in [0.4, 0.5) is 4.39 Å². The summed E-state index contributed by atoms with van der Waals surface area (Å²) in [5, 5.41) is 7.99. The van der Waals surface area contributed by atoms with Gasteiger partial charge in [-0.15, -0.1) is 0 Å². The molecule has 12 nitrogen and oxygen atoms in total. The Morgan fingerprint density at radius 2 is 1.66 bits per heavy atom. The topological polar surface area (TPSA) is 174 Å². The van der Waals surface area contributed by atoms with Gasteiger partial charge in [0.2, 0.25) is 6.79 Å². The average molecular weight is 625 g/mol. The Kier molecular flexibility index (Phi) is 20.1. The number of amides is 1. The van der Waals surface area contributed by atoms with Crippen molar-refractivity contribution in [1.82, 2.24) is 4.98 Å². The minimum atomic E-state index is -0.762. The molecule has 0 aliphatic rings. The maximum Gasteiger partial charge on any atom is 0.305 e. The zero-order valence-electron chi connectivity index (χ0n) is 26.5. The fourth-order valence-electron chi connectivity index (χ4n) is 3.44. The van der Waals surface area contributed by atoms with Crippen molar-refractivity contribution in [2.24, 2.45) is 17.6 Å². The van der Waals surface area contributed by atoms with Crippen molar-refractivity contribution in [1.29, 1.82) is 0 Å². The van der Waals surface area contributed by atoms with E-state index < -0.39 is 17.8 Å². The lowest BCUT2D eigenvalue weighted by molar-refractivity contribution is -0.149. The van der Waals surface area contributed by atoms with Gasteiger partial charge in [0.1, 0.15) is 5.82 Å². The smallest absolute Gasteiger partial charge is 0.305 e. The van der Waals surface area contributed by atoms with Crippen LogP contribution in [0.2, 0.25) is 0 Å². The molecule has 0 radical (unpaired) electrons. The third-order valence-corrected chi connectivity index (χ3v) is 5.74. The molecule has 0 fully saturated rings. The monoisotopic (exact) mass is 624 g/mol. The molecule has 0 aliphatic carbocycles. The zero-order chi connectivity index (χ0) is 33.7. The SMILES string of the molecule is CC(C)C(=O)O.CCC(=O)OC(C)CC(CCOC)Cc1ccc(F)cc1.COc1ccnc(C(N)=O)c1OCOC(C)=O. The van der Waals surface area contributed by atoms with Gasteiger partial charge in [-0.05, 0) is 49.8 Å². The molecule has 44 heavy (non-hydrogen) atoms. The maximum atomic E-state index is 12.9. The van der Waals surface area contributed by atoms with Crippen molar-refractivity contribution in [3.05, 3.63) is 53.6 Å². The Labute approximate surface area is 258 Å². The number of nitrogens with zero attached hydrogens (tertiary/aromatic N) is 1. The molecule has 1 aromatic carbocycles. The van der Waals surface area contributed by atoms with Crippen molar-refractivity contribution in [3.63, 3.8) is 0 Å². The van der Waals surface area contributed by atoms with E-state index in [0.29, 0.717) is 18.9 Å². The maximum absolute atomic E-state index is 12.9. The fourth-order valence-corrected chi connectivity index (χ4v) is 3.44. The molecule has 0 aliphatic heterocycles. The van der Waals surface area contributed by atoms with Crippen LogP contribution in [0, 0.1) is 17.7 Å². The molecule has 3 N–H and O–H groups in total. The molecule has 0 bridgehead atoms. The molecule has 1 heterocycles. The largest absolute Gasteiger partial charge is 0.493 e. The first kappa shape index (κ1) is 39.7. The lowest BCUT2D eigenvalue weighted by atomic mass is 9.91. The summed E-state index contributed by atoms with van der Waals surface area (Å²) in [6.07, 6.45) is 4.15. The molecule has 0 saturated heterocycles. The Morgan fingerprint density at radius 3 is 2.14 bits per heavy atom.